The molecule has 1 spiro atoms. The van der Waals surface area contributed by atoms with E-state index in [1.165, 1.54) is 28.2 Å². The fourth-order valence-electron chi connectivity index (χ4n) is 5.10. The van der Waals surface area contributed by atoms with E-state index in [1.54, 1.807) is 12.1 Å². The molecular formula is C25H29FN4. The molecule has 2 aromatic carbocycles. The number of rotatable bonds is 3. The SMILES string of the molecule is Cc1ccc(-c2cnc3n2CCN(C)C32CCN(Cc3ccc(F)cc3)CC2)cc1. The molecule has 0 unspecified atom stereocenters. The lowest BCUT2D eigenvalue weighted by atomic mass is 9.83. The number of likely N-dealkylation sites (N-methyl/N-ethyl adjacent to an activating group) is 1. The van der Waals surface area contributed by atoms with Gasteiger partial charge in [-0.3, -0.25) is 9.80 Å². The van der Waals surface area contributed by atoms with Crippen molar-refractivity contribution in [3.8, 4) is 11.3 Å². The lowest BCUT2D eigenvalue weighted by molar-refractivity contribution is 0.00700. The van der Waals surface area contributed by atoms with Gasteiger partial charge in [-0.15, -0.1) is 0 Å². The summed E-state index contributed by atoms with van der Waals surface area (Å²) in [5, 5.41) is 0. The van der Waals surface area contributed by atoms with Crippen molar-refractivity contribution in [3.63, 3.8) is 0 Å². The normalized spacial score (nSPS) is 19.2. The number of hydrogen-bond acceptors (Lipinski definition) is 3. The number of piperidine rings is 1. The van der Waals surface area contributed by atoms with E-state index < -0.39 is 0 Å². The van der Waals surface area contributed by atoms with Crippen LogP contribution in [0, 0.1) is 12.7 Å². The number of aromatic nitrogens is 2. The Bertz CT molecular complexity index is 1010. The third-order valence-electron chi connectivity index (χ3n) is 7.01. The predicted molar refractivity (Wildman–Crippen MR) is 118 cm³/mol. The molecular weight excluding hydrogens is 375 g/mol. The third kappa shape index (κ3) is 3.36. The summed E-state index contributed by atoms with van der Waals surface area (Å²) < 4.78 is 15.6. The van der Waals surface area contributed by atoms with Crippen LogP contribution < -0.4 is 0 Å². The number of imidazole rings is 1. The van der Waals surface area contributed by atoms with Crippen LogP contribution in [-0.2, 0) is 18.6 Å². The molecule has 4 nitrogen and oxygen atoms in total. The molecule has 30 heavy (non-hydrogen) atoms. The molecule has 0 atom stereocenters. The first kappa shape index (κ1) is 19.5. The average molecular weight is 405 g/mol. The van der Waals surface area contributed by atoms with Crippen LogP contribution in [0.4, 0.5) is 4.39 Å². The first-order valence-electron chi connectivity index (χ1n) is 10.9. The minimum absolute atomic E-state index is 0.000489. The molecule has 0 radical (unpaired) electrons. The minimum atomic E-state index is -0.170. The van der Waals surface area contributed by atoms with Gasteiger partial charge in [0.2, 0.25) is 0 Å². The molecule has 0 aliphatic carbocycles. The fraction of sp³-hybridized carbons (Fsp3) is 0.400. The van der Waals surface area contributed by atoms with E-state index in [2.05, 4.69) is 58.8 Å². The first-order chi connectivity index (χ1) is 14.5. The zero-order valence-electron chi connectivity index (χ0n) is 17.8. The topological polar surface area (TPSA) is 24.3 Å². The zero-order chi connectivity index (χ0) is 20.7. The fourth-order valence-corrected chi connectivity index (χ4v) is 5.10. The molecule has 3 aromatic rings. The van der Waals surface area contributed by atoms with E-state index in [0.29, 0.717) is 0 Å². The number of aryl methyl sites for hydroxylation is 1. The summed E-state index contributed by atoms with van der Waals surface area (Å²) in [4.78, 5) is 9.96. The van der Waals surface area contributed by atoms with Crippen LogP contribution in [-0.4, -0.2) is 46.0 Å². The summed E-state index contributed by atoms with van der Waals surface area (Å²) in [6.45, 7) is 7.07. The number of benzene rings is 2. The van der Waals surface area contributed by atoms with E-state index in [4.69, 9.17) is 4.98 Å². The van der Waals surface area contributed by atoms with Crippen LogP contribution in [0.25, 0.3) is 11.3 Å². The Morgan fingerprint density at radius 1 is 0.933 bits per heavy atom. The van der Waals surface area contributed by atoms with Crippen molar-refractivity contribution in [3.05, 3.63) is 77.5 Å². The van der Waals surface area contributed by atoms with Crippen molar-refractivity contribution >= 4 is 0 Å². The molecule has 1 saturated heterocycles. The second-order valence-electron chi connectivity index (χ2n) is 8.84. The molecule has 5 rings (SSSR count). The maximum Gasteiger partial charge on any atom is 0.129 e. The highest BCUT2D eigenvalue weighted by atomic mass is 19.1. The Morgan fingerprint density at radius 2 is 1.63 bits per heavy atom. The lowest BCUT2D eigenvalue weighted by Crippen LogP contribution is -2.56. The standard InChI is InChI=1S/C25H29FN4/c1-19-3-7-21(8-4-19)23-17-27-24-25(28(2)15-16-30(23)24)11-13-29(14-12-25)18-20-5-9-22(26)10-6-20/h3-10,17H,11-16,18H2,1-2H3. The largest absolute Gasteiger partial charge is 0.325 e. The van der Waals surface area contributed by atoms with Crippen LogP contribution in [0.2, 0.25) is 0 Å². The molecule has 1 fully saturated rings. The second kappa shape index (κ2) is 7.64. The van der Waals surface area contributed by atoms with Gasteiger partial charge >= 0.3 is 0 Å². The zero-order valence-corrected chi connectivity index (χ0v) is 17.8. The van der Waals surface area contributed by atoms with Gasteiger partial charge in [-0.2, -0.15) is 0 Å². The first-order valence-corrected chi connectivity index (χ1v) is 10.9. The summed E-state index contributed by atoms with van der Waals surface area (Å²) in [5.41, 5.74) is 4.92. The lowest BCUT2D eigenvalue weighted by Gasteiger charge is -2.49. The summed E-state index contributed by atoms with van der Waals surface area (Å²) >= 11 is 0. The van der Waals surface area contributed by atoms with E-state index in [-0.39, 0.29) is 11.4 Å². The van der Waals surface area contributed by atoms with Crippen LogP contribution in [0.5, 0.6) is 0 Å². The second-order valence-corrected chi connectivity index (χ2v) is 8.84. The van der Waals surface area contributed by atoms with Crippen LogP contribution in [0.15, 0.2) is 54.7 Å². The quantitative estimate of drug-likeness (QED) is 0.645. The number of likely N-dealkylation sites (tertiary alicyclic amines) is 1. The molecule has 0 N–H and O–H groups in total. The van der Waals surface area contributed by atoms with Gasteiger partial charge < -0.3 is 4.57 Å². The molecule has 3 heterocycles. The van der Waals surface area contributed by atoms with E-state index in [0.717, 1.165) is 45.6 Å². The van der Waals surface area contributed by atoms with Gasteiger partial charge in [0.25, 0.3) is 0 Å². The number of nitrogens with zero attached hydrogens (tertiary/aromatic N) is 4. The van der Waals surface area contributed by atoms with Gasteiger partial charge in [0.05, 0.1) is 17.4 Å². The third-order valence-corrected chi connectivity index (χ3v) is 7.01. The minimum Gasteiger partial charge on any atom is -0.325 e. The van der Waals surface area contributed by atoms with Gasteiger partial charge in [0, 0.05) is 32.7 Å². The number of fused-ring (bicyclic) bond motifs is 2. The van der Waals surface area contributed by atoms with E-state index in [9.17, 15) is 4.39 Å². The highest BCUT2D eigenvalue weighted by molar-refractivity contribution is 5.60. The van der Waals surface area contributed by atoms with Crippen LogP contribution in [0.1, 0.15) is 29.8 Å². The Labute approximate surface area is 178 Å². The van der Waals surface area contributed by atoms with Crippen molar-refractivity contribution in [2.24, 2.45) is 0 Å². The van der Waals surface area contributed by atoms with Gasteiger partial charge in [-0.1, -0.05) is 42.0 Å². The summed E-state index contributed by atoms with van der Waals surface area (Å²) in [7, 11) is 2.25. The predicted octanol–water partition coefficient (Wildman–Crippen LogP) is 4.43. The van der Waals surface area contributed by atoms with Crippen molar-refractivity contribution in [1.29, 1.82) is 0 Å². The van der Waals surface area contributed by atoms with Gasteiger partial charge in [0.15, 0.2) is 0 Å². The van der Waals surface area contributed by atoms with Gasteiger partial charge in [-0.05, 0) is 50.1 Å². The van der Waals surface area contributed by atoms with Crippen molar-refractivity contribution < 1.29 is 4.39 Å². The number of halogens is 1. The van der Waals surface area contributed by atoms with E-state index >= 15 is 0 Å². The monoisotopic (exact) mass is 404 g/mol. The Hall–Kier alpha value is -2.50. The number of hydrogen-bond donors (Lipinski definition) is 0. The molecule has 1 aromatic heterocycles. The molecule has 5 heteroatoms. The maximum atomic E-state index is 13.2. The molecule has 156 valence electrons. The molecule has 2 aliphatic rings. The highest BCUT2D eigenvalue weighted by Crippen LogP contribution is 2.41. The van der Waals surface area contributed by atoms with Crippen molar-refractivity contribution in [2.45, 2.75) is 38.4 Å². The van der Waals surface area contributed by atoms with E-state index in [1.807, 2.05) is 12.1 Å². The van der Waals surface area contributed by atoms with Gasteiger partial charge in [0.1, 0.15) is 11.6 Å². The molecule has 0 amide bonds. The Morgan fingerprint density at radius 3 is 2.33 bits per heavy atom. The highest BCUT2D eigenvalue weighted by Gasteiger charge is 2.45. The molecule has 0 bridgehead atoms. The van der Waals surface area contributed by atoms with Crippen LogP contribution in [0.3, 0.4) is 0 Å². The molecule has 0 saturated carbocycles. The average Bonchev–Trinajstić information content (AvgIpc) is 3.20. The van der Waals surface area contributed by atoms with Crippen molar-refractivity contribution in [2.75, 3.05) is 26.7 Å². The maximum absolute atomic E-state index is 13.2. The smallest absolute Gasteiger partial charge is 0.129 e. The summed E-state index contributed by atoms with van der Waals surface area (Å²) in [6.07, 6.45) is 4.19. The summed E-state index contributed by atoms with van der Waals surface area (Å²) in [5.74, 6) is 1.05. The van der Waals surface area contributed by atoms with Gasteiger partial charge in [-0.25, -0.2) is 9.37 Å². The van der Waals surface area contributed by atoms with Crippen molar-refractivity contribution in [1.82, 2.24) is 19.4 Å². The molecule has 2 aliphatic heterocycles. The summed E-state index contributed by atoms with van der Waals surface area (Å²) in [6, 6.07) is 15.7. The Kier molecular flexibility index (Phi) is 4.95. The Balaban J connectivity index is 1.38. The van der Waals surface area contributed by atoms with Crippen LogP contribution >= 0.6 is 0 Å².